The van der Waals surface area contributed by atoms with E-state index >= 15 is 0 Å². The number of halogens is 4. The van der Waals surface area contributed by atoms with Crippen molar-refractivity contribution in [1.29, 1.82) is 0 Å². The van der Waals surface area contributed by atoms with Crippen molar-refractivity contribution in [2.75, 3.05) is 18.4 Å². The Labute approximate surface area is 184 Å². The van der Waals surface area contributed by atoms with Crippen LogP contribution in [-0.4, -0.2) is 47.2 Å². The van der Waals surface area contributed by atoms with Gasteiger partial charge in [-0.1, -0.05) is 31.5 Å². The topological polar surface area (TPSA) is 69.6 Å². The molecule has 2 unspecified atom stereocenters. The first-order valence-corrected chi connectivity index (χ1v) is 10.9. The van der Waals surface area contributed by atoms with E-state index in [2.05, 4.69) is 5.32 Å². The summed E-state index contributed by atoms with van der Waals surface area (Å²) in [5.41, 5.74) is 1.10. The minimum absolute atomic E-state index is 0.113. The highest BCUT2D eigenvalue weighted by Gasteiger charge is 2.50. The third-order valence-electron chi connectivity index (χ3n) is 6.77. The first kappa shape index (κ1) is 23.9. The molecule has 9 heteroatoms. The number of hydrogen-bond donors (Lipinski definition) is 2. The second kappa shape index (κ2) is 8.98. The Morgan fingerprint density at radius 3 is 2.32 bits per heavy atom. The fourth-order valence-electron chi connectivity index (χ4n) is 4.37. The van der Waals surface area contributed by atoms with Gasteiger partial charge in [-0.15, -0.1) is 0 Å². The van der Waals surface area contributed by atoms with Gasteiger partial charge in [0.2, 0.25) is 5.91 Å². The van der Waals surface area contributed by atoms with Crippen LogP contribution in [0.4, 0.5) is 18.9 Å². The van der Waals surface area contributed by atoms with Crippen LogP contribution in [0.2, 0.25) is 5.02 Å². The molecule has 1 saturated heterocycles. The second-order valence-corrected chi connectivity index (χ2v) is 9.45. The lowest BCUT2D eigenvalue weighted by atomic mass is 9.90. The largest absolute Gasteiger partial charge is 0.481 e. The highest BCUT2D eigenvalue weighted by Crippen LogP contribution is 2.54. The summed E-state index contributed by atoms with van der Waals surface area (Å²) in [7, 11) is 0. The van der Waals surface area contributed by atoms with Gasteiger partial charge < -0.3 is 10.4 Å². The predicted octanol–water partition coefficient (Wildman–Crippen LogP) is 5.30. The van der Waals surface area contributed by atoms with Crippen molar-refractivity contribution in [1.82, 2.24) is 4.90 Å². The van der Waals surface area contributed by atoms with E-state index in [1.807, 2.05) is 0 Å². The highest BCUT2D eigenvalue weighted by atomic mass is 35.5. The van der Waals surface area contributed by atoms with Crippen LogP contribution < -0.4 is 5.32 Å². The zero-order valence-corrected chi connectivity index (χ0v) is 18.4. The van der Waals surface area contributed by atoms with Crippen LogP contribution in [-0.2, 0) is 9.59 Å². The van der Waals surface area contributed by atoms with Crippen LogP contribution in [0.5, 0.6) is 0 Å². The first-order chi connectivity index (χ1) is 14.4. The van der Waals surface area contributed by atoms with Gasteiger partial charge in [-0.05, 0) is 67.8 Å². The minimum atomic E-state index is -4.52. The number of likely N-dealkylation sites (tertiary alicyclic amines) is 1. The molecule has 0 aromatic heterocycles. The summed E-state index contributed by atoms with van der Waals surface area (Å²) in [5.74, 6) is -3.90. The molecule has 2 N–H and O–H groups in total. The molecule has 1 aliphatic carbocycles. The van der Waals surface area contributed by atoms with E-state index in [1.54, 1.807) is 24.0 Å². The van der Waals surface area contributed by atoms with Crippen molar-refractivity contribution in [3.05, 3.63) is 28.8 Å². The summed E-state index contributed by atoms with van der Waals surface area (Å²) in [6, 6.07) is 3.36. The van der Waals surface area contributed by atoms with Crippen LogP contribution >= 0.6 is 11.6 Å². The number of hydrogen-bond acceptors (Lipinski definition) is 3. The Bertz CT molecular complexity index is 832. The van der Waals surface area contributed by atoms with Gasteiger partial charge in [0.1, 0.15) is 6.04 Å². The molecule has 1 heterocycles. The highest BCUT2D eigenvalue weighted by molar-refractivity contribution is 6.33. The lowest BCUT2D eigenvalue weighted by Gasteiger charge is -2.40. The summed E-state index contributed by atoms with van der Waals surface area (Å²) < 4.78 is 40.8. The van der Waals surface area contributed by atoms with Crippen LogP contribution in [0, 0.1) is 11.3 Å². The van der Waals surface area contributed by atoms with Crippen molar-refractivity contribution in [2.45, 2.75) is 64.1 Å². The number of carbonyl (C=O) groups excluding carboxylic acids is 1. The van der Waals surface area contributed by atoms with Gasteiger partial charge in [-0.25, -0.2) is 0 Å². The molecule has 172 valence electrons. The fraction of sp³-hybridized carbons (Fsp3) is 0.636. The second-order valence-electron chi connectivity index (χ2n) is 9.04. The van der Waals surface area contributed by atoms with Crippen LogP contribution in [0.15, 0.2) is 18.2 Å². The maximum atomic E-state index is 13.6. The molecule has 3 rings (SSSR count). The number of carbonyl (C=O) groups is 2. The van der Waals surface area contributed by atoms with E-state index in [-0.39, 0.29) is 28.5 Å². The molecular weight excluding hydrogens is 433 g/mol. The fourth-order valence-corrected chi connectivity index (χ4v) is 4.54. The van der Waals surface area contributed by atoms with Gasteiger partial charge in [-0.2, -0.15) is 13.2 Å². The minimum Gasteiger partial charge on any atom is -0.481 e. The maximum Gasteiger partial charge on any atom is 0.393 e. The molecule has 2 fully saturated rings. The monoisotopic (exact) mass is 460 g/mol. The molecule has 1 amide bonds. The predicted molar refractivity (Wildman–Crippen MR) is 112 cm³/mol. The van der Waals surface area contributed by atoms with Gasteiger partial charge in [0.15, 0.2) is 0 Å². The molecule has 31 heavy (non-hydrogen) atoms. The summed E-state index contributed by atoms with van der Waals surface area (Å²) >= 11 is 6.19. The molecule has 1 aromatic carbocycles. The van der Waals surface area contributed by atoms with E-state index < -0.39 is 30.0 Å². The van der Waals surface area contributed by atoms with Crippen molar-refractivity contribution < 1.29 is 27.9 Å². The van der Waals surface area contributed by atoms with Gasteiger partial charge in [0.25, 0.3) is 0 Å². The van der Waals surface area contributed by atoms with Crippen molar-refractivity contribution in [3.8, 4) is 0 Å². The van der Waals surface area contributed by atoms with Gasteiger partial charge in [-0.3, -0.25) is 14.5 Å². The Morgan fingerprint density at radius 1 is 1.19 bits per heavy atom. The summed E-state index contributed by atoms with van der Waals surface area (Å²) in [5, 5.41) is 11.8. The summed E-state index contributed by atoms with van der Waals surface area (Å²) in [6.07, 6.45) is -0.780. The van der Waals surface area contributed by atoms with Crippen LogP contribution in [0.1, 0.15) is 57.4 Å². The zero-order chi connectivity index (χ0) is 23.0. The number of amides is 1. The standard InChI is InChI=1S/C22H28ClF3N2O3/c1-13(11-18(29)30)15-3-4-16(23)17(12-15)27-20(31)19(14(2)22(24,25)26)28-9-7-21(5-6-21)8-10-28/h3-4,12-14,19H,5-11H2,1-2H3,(H,27,31)(H,29,30)/t13-,14?,19?/m0/s1. The van der Waals surface area contributed by atoms with Crippen molar-refractivity contribution >= 4 is 29.2 Å². The van der Waals surface area contributed by atoms with Gasteiger partial charge in [0.05, 0.1) is 23.0 Å². The van der Waals surface area contributed by atoms with E-state index in [1.165, 1.54) is 6.07 Å². The third-order valence-corrected chi connectivity index (χ3v) is 7.10. The molecule has 1 saturated carbocycles. The lowest BCUT2D eigenvalue weighted by molar-refractivity contribution is -0.189. The Kier molecular flexibility index (Phi) is 6.91. The number of rotatable bonds is 7. The summed E-state index contributed by atoms with van der Waals surface area (Å²) in [6.45, 7) is 3.68. The Balaban J connectivity index is 1.80. The molecule has 1 aliphatic heterocycles. The molecule has 0 bridgehead atoms. The number of alkyl halides is 3. The zero-order valence-electron chi connectivity index (χ0n) is 17.6. The number of carboxylic acids is 1. The van der Waals surface area contributed by atoms with E-state index in [9.17, 15) is 22.8 Å². The SMILES string of the molecule is CC(C(C(=O)Nc1cc([C@@H](C)CC(=O)O)ccc1Cl)N1CCC2(CC1)CC2)C(F)(F)F. The molecule has 2 aliphatic rings. The Morgan fingerprint density at radius 2 is 1.81 bits per heavy atom. The van der Waals surface area contributed by atoms with Gasteiger partial charge >= 0.3 is 12.1 Å². The van der Waals surface area contributed by atoms with Crippen molar-refractivity contribution in [2.24, 2.45) is 11.3 Å². The molecule has 1 spiro atoms. The molecule has 3 atom stereocenters. The van der Waals surface area contributed by atoms with E-state index in [0.29, 0.717) is 18.7 Å². The number of carboxylic acid groups (broad SMARTS) is 1. The Hall–Kier alpha value is -1.80. The molecule has 5 nitrogen and oxygen atoms in total. The number of piperidine rings is 1. The number of nitrogens with one attached hydrogen (secondary N) is 1. The molecule has 1 aromatic rings. The van der Waals surface area contributed by atoms with E-state index in [0.717, 1.165) is 32.6 Å². The average molecular weight is 461 g/mol. The average Bonchev–Trinajstić information content (AvgIpc) is 3.43. The van der Waals surface area contributed by atoms with E-state index in [4.69, 9.17) is 16.7 Å². The number of anilines is 1. The van der Waals surface area contributed by atoms with Gasteiger partial charge in [0, 0.05) is 0 Å². The van der Waals surface area contributed by atoms with Crippen LogP contribution in [0.3, 0.4) is 0 Å². The summed E-state index contributed by atoms with van der Waals surface area (Å²) in [4.78, 5) is 25.7. The quantitative estimate of drug-likeness (QED) is 0.579. The maximum absolute atomic E-state index is 13.6. The lowest BCUT2D eigenvalue weighted by Crippen LogP contribution is -2.54. The smallest absolute Gasteiger partial charge is 0.393 e. The third kappa shape index (κ3) is 5.71. The number of nitrogens with zero attached hydrogens (tertiary/aromatic N) is 1. The van der Waals surface area contributed by atoms with Crippen LogP contribution in [0.25, 0.3) is 0 Å². The normalized spacial score (nSPS) is 21.4. The molecular formula is C22H28ClF3N2O3. The number of aliphatic carboxylic acids is 1. The molecule has 0 radical (unpaired) electrons. The first-order valence-electron chi connectivity index (χ1n) is 10.5. The number of benzene rings is 1. The van der Waals surface area contributed by atoms with Crippen molar-refractivity contribution in [3.63, 3.8) is 0 Å².